The molecule has 90 valence electrons. The Morgan fingerprint density at radius 3 is 2.59 bits per heavy atom. The molecule has 1 N–H and O–H groups in total. The number of aryl methyl sites for hydroxylation is 2. The summed E-state index contributed by atoms with van der Waals surface area (Å²) in [5.41, 5.74) is 0.584. The highest BCUT2D eigenvalue weighted by Gasteiger charge is 2.21. The Morgan fingerprint density at radius 2 is 2.00 bits per heavy atom. The Balaban J connectivity index is 2.47. The second-order valence-electron chi connectivity index (χ2n) is 3.73. The Labute approximate surface area is 102 Å². The van der Waals surface area contributed by atoms with Gasteiger partial charge in [-0.25, -0.2) is 13.8 Å². The zero-order valence-electron chi connectivity index (χ0n) is 9.37. The maximum absolute atomic E-state index is 13.5. The summed E-state index contributed by atoms with van der Waals surface area (Å²) in [6, 6.07) is 3.77. The Morgan fingerprint density at radius 1 is 1.29 bits per heavy atom. The van der Waals surface area contributed by atoms with Gasteiger partial charge in [-0.1, -0.05) is 12.1 Å². The summed E-state index contributed by atoms with van der Waals surface area (Å²) < 4.78 is 26.6. The molecular weight excluding hydrogens is 244 g/mol. The van der Waals surface area contributed by atoms with Crippen molar-refractivity contribution in [1.82, 2.24) is 4.98 Å². The van der Waals surface area contributed by atoms with Crippen LogP contribution in [0.15, 0.2) is 18.2 Å². The van der Waals surface area contributed by atoms with E-state index in [9.17, 15) is 13.9 Å². The molecule has 0 bridgehead atoms. The van der Waals surface area contributed by atoms with Crippen molar-refractivity contribution >= 4 is 11.3 Å². The number of halogens is 2. The number of aliphatic hydroxyl groups excluding tert-OH is 1. The van der Waals surface area contributed by atoms with Gasteiger partial charge in [-0.05, 0) is 19.9 Å². The normalized spacial score (nSPS) is 12.8. The van der Waals surface area contributed by atoms with Gasteiger partial charge in [-0.3, -0.25) is 0 Å². The maximum Gasteiger partial charge on any atom is 0.164 e. The van der Waals surface area contributed by atoms with Gasteiger partial charge < -0.3 is 5.11 Å². The minimum absolute atomic E-state index is 0.0586. The highest BCUT2D eigenvalue weighted by molar-refractivity contribution is 7.11. The van der Waals surface area contributed by atoms with Crippen molar-refractivity contribution in [2.45, 2.75) is 20.0 Å². The first-order valence-corrected chi connectivity index (χ1v) is 5.88. The van der Waals surface area contributed by atoms with E-state index in [2.05, 4.69) is 4.98 Å². The fourth-order valence-electron chi connectivity index (χ4n) is 1.67. The van der Waals surface area contributed by atoms with Crippen LogP contribution in [0.1, 0.15) is 27.2 Å². The molecule has 2 nitrogen and oxygen atoms in total. The molecule has 1 unspecified atom stereocenters. The lowest BCUT2D eigenvalue weighted by Crippen LogP contribution is -2.03. The van der Waals surface area contributed by atoms with Crippen molar-refractivity contribution in [1.29, 1.82) is 0 Å². The third kappa shape index (κ3) is 2.21. The molecule has 0 aliphatic rings. The van der Waals surface area contributed by atoms with Crippen LogP contribution in [-0.4, -0.2) is 10.1 Å². The number of hydrogen-bond donors (Lipinski definition) is 1. The van der Waals surface area contributed by atoms with Gasteiger partial charge in [-0.2, -0.15) is 0 Å². The summed E-state index contributed by atoms with van der Waals surface area (Å²) in [6.07, 6.45) is -1.17. The van der Waals surface area contributed by atoms with Crippen LogP contribution in [0.3, 0.4) is 0 Å². The largest absolute Gasteiger partial charge is 0.383 e. The van der Waals surface area contributed by atoms with E-state index in [1.54, 1.807) is 13.8 Å². The fourth-order valence-corrected chi connectivity index (χ4v) is 2.61. The van der Waals surface area contributed by atoms with Crippen molar-refractivity contribution in [3.05, 3.63) is 51.0 Å². The number of rotatable bonds is 2. The molecule has 1 atom stereocenters. The summed E-state index contributed by atoms with van der Waals surface area (Å²) in [5, 5.41) is 10.8. The highest BCUT2D eigenvalue weighted by atomic mass is 32.1. The molecule has 0 amide bonds. The van der Waals surface area contributed by atoms with Gasteiger partial charge in [0, 0.05) is 5.56 Å². The Kier molecular flexibility index (Phi) is 3.22. The zero-order chi connectivity index (χ0) is 12.6. The van der Waals surface area contributed by atoms with Crippen LogP contribution < -0.4 is 0 Å². The molecule has 0 saturated carbocycles. The lowest BCUT2D eigenvalue weighted by atomic mass is 10.1. The SMILES string of the molecule is Cc1nc(C)c(C(O)c2cccc(F)c2F)s1. The summed E-state index contributed by atoms with van der Waals surface area (Å²) in [7, 11) is 0. The van der Waals surface area contributed by atoms with Crippen molar-refractivity contribution in [2.75, 3.05) is 0 Å². The minimum atomic E-state index is -1.17. The molecule has 0 spiro atoms. The van der Waals surface area contributed by atoms with E-state index in [4.69, 9.17) is 0 Å². The lowest BCUT2D eigenvalue weighted by Gasteiger charge is -2.10. The minimum Gasteiger partial charge on any atom is -0.383 e. The molecule has 5 heteroatoms. The third-order valence-corrected chi connectivity index (χ3v) is 3.59. The number of thiazole rings is 1. The summed E-state index contributed by atoms with van der Waals surface area (Å²) in [6.45, 7) is 3.54. The smallest absolute Gasteiger partial charge is 0.164 e. The second kappa shape index (κ2) is 4.50. The van der Waals surface area contributed by atoms with Crippen molar-refractivity contribution in [3.63, 3.8) is 0 Å². The third-order valence-electron chi connectivity index (χ3n) is 2.46. The molecule has 0 radical (unpaired) electrons. The van der Waals surface area contributed by atoms with Crippen molar-refractivity contribution in [3.8, 4) is 0 Å². The van der Waals surface area contributed by atoms with Gasteiger partial charge in [-0.15, -0.1) is 11.3 Å². The van der Waals surface area contributed by atoms with Crippen LogP contribution in [0.2, 0.25) is 0 Å². The molecule has 0 saturated heterocycles. The lowest BCUT2D eigenvalue weighted by molar-refractivity contribution is 0.216. The van der Waals surface area contributed by atoms with Gasteiger partial charge in [0.05, 0.1) is 15.6 Å². The first-order valence-electron chi connectivity index (χ1n) is 5.06. The second-order valence-corrected chi connectivity index (χ2v) is 4.96. The molecule has 1 aromatic carbocycles. The van der Waals surface area contributed by atoms with Gasteiger partial charge in [0.2, 0.25) is 0 Å². The average Bonchev–Trinajstić information content (AvgIpc) is 2.61. The zero-order valence-corrected chi connectivity index (χ0v) is 10.2. The molecule has 2 rings (SSSR count). The number of aliphatic hydroxyl groups is 1. The van der Waals surface area contributed by atoms with Crippen molar-refractivity contribution < 1.29 is 13.9 Å². The number of benzene rings is 1. The first-order chi connectivity index (χ1) is 8.00. The molecule has 0 fully saturated rings. The van der Waals surface area contributed by atoms with Crippen LogP contribution in [0.25, 0.3) is 0 Å². The predicted molar refractivity (Wildman–Crippen MR) is 62.0 cm³/mol. The molecular formula is C12H11F2NOS. The van der Waals surface area contributed by atoms with Gasteiger partial charge in [0.25, 0.3) is 0 Å². The summed E-state index contributed by atoms with van der Waals surface area (Å²) >= 11 is 1.28. The quantitative estimate of drug-likeness (QED) is 0.894. The van der Waals surface area contributed by atoms with Crippen LogP contribution >= 0.6 is 11.3 Å². The number of aromatic nitrogens is 1. The van der Waals surface area contributed by atoms with Crippen LogP contribution in [0.4, 0.5) is 8.78 Å². The molecule has 17 heavy (non-hydrogen) atoms. The molecule has 0 aliphatic carbocycles. The van der Waals surface area contributed by atoms with Crippen LogP contribution in [0, 0.1) is 25.5 Å². The molecule has 1 aromatic heterocycles. The van der Waals surface area contributed by atoms with E-state index in [0.29, 0.717) is 10.6 Å². The first kappa shape index (κ1) is 12.1. The van der Waals surface area contributed by atoms with E-state index < -0.39 is 17.7 Å². The standard InChI is InChI=1S/C12H11F2NOS/c1-6-12(17-7(2)15-6)11(16)8-4-3-5-9(13)10(8)14/h3-5,11,16H,1-2H3. The summed E-state index contributed by atoms with van der Waals surface area (Å²) in [4.78, 5) is 4.70. The van der Waals surface area contributed by atoms with Gasteiger partial charge in [0.1, 0.15) is 6.10 Å². The van der Waals surface area contributed by atoms with Gasteiger partial charge in [0.15, 0.2) is 11.6 Å². The fraction of sp³-hybridized carbons (Fsp3) is 0.250. The Bertz CT molecular complexity index is 553. The predicted octanol–water partition coefficient (Wildman–Crippen LogP) is 3.12. The van der Waals surface area contributed by atoms with E-state index in [1.165, 1.54) is 23.5 Å². The topological polar surface area (TPSA) is 33.1 Å². The monoisotopic (exact) mass is 255 g/mol. The van der Waals surface area contributed by atoms with E-state index in [-0.39, 0.29) is 5.56 Å². The Hall–Kier alpha value is -1.33. The van der Waals surface area contributed by atoms with E-state index in [0.717, 1.165) is 11.1 Å². The number of hydrogen-bond acceptors (Lipinski definition) is 3. The highest BCUT2D eigenvalue weighted by Crippen LogP contribution is 2.31. The maximum atomic E-state index is 13.5. The van der Waals surface area contributed by atoms with Gasteiger partial charge >= 0.3 is 0 Å². The molecule has 2 aromatic rings. The average molecular weight is 255 g/mol. The molecule has 1 heterocycles. The molecule has 0 aliphatic heterocycles. The summed E-state index contributed by atoms with van der Waals surface area (Å²) in [5.74, 6) is -1.97. The van der Waals surface area contributed by atoms with E-state index in [1.807, 2.05) is 0 Å². The van der Waals surface area contributed by atoms with Crippen LogP contribution in [0.5, 0.6) is 0 Å². The van der Waals surface area contributed by atoms with E-state index >= 15 is 0 Å². The van der Waals surface area contributed by atoms with Crippen molar-refractivity contribution in [2.24, 2.45) is 0 Å². The van der Waals surface area contributed by atoms with Crippen LogP contribution in [-0.2, 0) is 0 Å². The number of nitrogens with zero attached hydrogens (tertiary/aromatic N) is 1.